The van der Waals surface area contributed by atoms with Gasteiger partial charge in [0.1, 0.15) is 5.84 Å². The van der Waals surface area contributed by atoms with Gasteiger partial charge in [-0.3, -0.25) is 15.5 Å². The van der Waals surface area contributed by atoms with Gasteiger partial charge < -0.3 is 5.73 Å². The van der Waals surface area contributed by atoms with Crippen molar-refractivity contribution in [2.45, 2.75) is 47.6 Å². The fourth-order valence-electron chi connectivity index (χ4n) is 2.64. The number of hydrazone groups is 1. The normalized spacial score (nSPS) is 10.6. The summed E-state index contributed by atoms with van der Waals surface area (Å²) in [5.41, 5.74) is 13.7. The molecule has 3 aromatic rings. The van der Waals surface area contributed by atoms with Gasteiger partial charge in [-0.25, -0.2) is 4.39 Å². The molecule has 6 nitrogen and oxygen atoms in total. The van der Waals surface area contributed by atoms with E-state index in [2.05, 4.69) is 75.8 Å². The Bertz CT molecular complexity index is 1030. The Morgan fingerprint density at radius 1 is 1.15 bits per heavy atom. The average molecular weight is 467 g/mol. The van der Waals surface area contributed by atoms with Crippen molar-refractivity contribution < 1.29 is 4.39 Å². The molecule has 0 spiro atoms. The summed E-state index contributed by atoms with van der Waals surface area (Å²) in [6.45, 7) is 13.8. The zero-order chi connectivity index (χ0) is 25.8. The van der Waals surface area contributed by atoms with Gasteiger partial charge >= 0.3 is 0 Å². The number of hydrogen-bond acceptors (Lipinski definition) is 4. The maximum Gasteiger partial charge on any atom is 0.148 e. The molecule has 0 aliphatic carbocycles. The van der Waals surface area contributed by atoms with Gasteiger partial charge in [-0.05, 0) is 44.5 Å². The van der Waals surface area contributed by atoms with Crippen molar-refractivity contribution in [2.24, 2.45) is 15.8 Å². The molecule has 184 valence electrons. The minimum Gasteiger partial charge on any atom is -0.326 e. The first kappa shape index (κ1) is 30.4. The first-order valence-electron chi connectivity index (χ1n) is 11.3. The number of allylic oxidation sites excluding steroid dienone is 3. The lowest BCUT2D eigenvalue weighted by Gasteiger charge is -2.04. The van der Waals surface area contributed by atoms with Crippen molar-refractivity contribution in [3.63, 3.8) is 0 Å². The predicted molar refractivity (Wildman–Crippen MR) is 146 cm³/mol. The van der Waals surface area contributed by atoms with Crippen LogP contribution in [0.1, 0.15) is 50.1 Å². The first-order valence-corrected chi connectivity index (χ1v) is 11.3. The van der Waals surface area contributed by atoms with Crippen LogP contribution in [0.3, 0.4) is 0 Å². The summed E-state index contributed by atoms with van der Waals surface area (Å²) >= 11 is 0. The zero-order valence-electron chi connectivity index (χ0n) is 21.3. The minimum absolute atomic E-state index is 0.500. The van der Waals surface area contributed by atoms with E-state index in [1.165, 1.54) is 17.2 Å². The van der Waals surface area contributed by atoms with Crippen molar-refractivity contribution >= 4 is 23.5 Å². The molecule has 0 radical (unpaired) electrons. The van der Waals surface area contributed by atoms with E-state index in [0.717, 1.165) is 28.6 Å². The smallest absolute Gasteiger partial charge is 0.148 e. The lowest BCUT2D eigenvalue weighted by molar-refractivity contribution is 0.719. The highest BCUT2D eigenvalue weighted by molar-refractivity contribution is 6.01. The molecular weight excluding hydrogens is 427 g/mol. The number of benzene rings is 2. The van der Waals surface area contributed by atoms with Crippen molar-refractivity contribution in [1.29, 1.82) is 0 Å². The number of amidine groups is 1. The number of nitrogens with two attached hydrogens (primary N) is 1. The molecule has 0 saturated carbocycles. The maximum absolute atomic E-state index is 10.5. The molecule has 0 unspecified atom stereocenters. The van der Waals surface area contributed by atoms with E-state index in [4.69, 9.17) is 5.73 Å². The first-order chi connectivity index (χ1) is 16.5. The van der Waals surface area contributed by atoms with Crippen LogP contribution in [0.5, 0.6) is 0 Å². The summed E-state index contributed by atoms with van der Waals surface area (Å²) in [6, 6.07) is 14.2. The van der Waals surface area contributed by atoms with Crippen LogP contribution in [0.25, 0.3) is 10.9 Å². The van der Waals surface area contributed by atoms with Crippen molar-refractivity contribution in [3.8, 4) is 0 Å². The molecule has 0 fully saturated rings. The van der Waals surface area contributed by atoms with Gasteiger partial charge in [-0.1, -0.05) is 61.9 Å². The van der Waals surface area contributed by atoms with E-state index >= 15 is 0 Å². The second kappa shape index (κ2) is 18.9. The van der Waals surface area contributed by atoms with Gasteiger partial charge in [0, 0.05) is 43.4 Å². The number of rotatable bonds is 5. The number of aryl methyl sites for hydroxylation is 1. The van der Waals surface area contributed by atoms with Gasteiger partial charge in [-0.15, -0.1) is 0 Å². The van der Waals surface area contributed by atoms with E-state index in [1.54, 1.807) is 14.0 Å². The molecule has 0 bridgehead atoms. The Morgan fingerprint density at radius 2 is 1.79 bits per heavy atom. The largest absolute Gasteiger partial charge is 0.326 e. The van der Waals surface area contributed by atoms with Crippen LogP contribution in [0.15, 0.2) is 77.1 Å². The third-order valence-corrected chi connectivity index (χ3v) is 4.35. The fraction of sp³-hybridized carbons (Fsp3) is 0.296. The molecule has 7 heteroatoms. The Labute approximate surface area is 203 Å². The topological polar surface area (TPSA) is 91.5 Å². The van der Waals surface area contributed by atoms with Crippen LogP contribution in [0, 0.1) is 6.92 Å². The van der Waals surface area contributed by atoms with Crippen LogP contribution in [0.4, 0.5) is 4.39 Å². The second-order valence-corrected chi connectivity index (χ2v) is 6.70. The van der Waals surface area contributed by atoms with E-state index in [9.17, 15) is 4.39 Å². The van der Waals surface area contributed by atoms with E-state index in [1.807, 2.05) is 39.0 Å². The Morgan fingerprint density at radius 3 is 2.29 bits per heavy atom. The summed E-state index contributed by atoms with van der Waals surface area (Å²) in [5, 5.41) is 12.1. The molecule has 2 aromatic carbocycles. The van der Waals surface area contributed by atoms with Gasteiger partial charge in [0.2, 0.25) is 0 Å². The molecule has 34 heavy (non-hydrogen) atoms. The monoisotopic (exact) mass is 466 g/mol. The van der Waals surface area contributed by atoms with Crippen LogP contribution >= 0.6 is 0 Å². The minimum atomic E-state index is 0.500. The van der Waals surface area contributed by atoms with Crippen molar-refractivity contribution in [1.82, 2.24) is 15.6 Å². The van der Waals surface area contributed by atoms with Crippen molar-refractivity contribution in [3.05, 3.63) is 89.4 Å². The summed E-state index contributed by atoms with van der Waals surface area (Å²) in [6.07, 6.45) is 6.79. The molecule has 0 aliphatic heterocycles. The quantitative estimate of drug-likeness (QED) is 0.180. The van der Waals surface area contributed by atoms with Crippen LogP contribution in [0.2, 0.25) is 0 Å². The number of aliphatic imine (C=N–C) groups is 1. The fourth-order valence-corrected chi connectivity index (χ4v) is 2.64. The molecule has 1 aromatic heterocycles. The number of hydrogen-bond donors (Lipinski definition) is 3. The molecule has 0 atom stereocenters. The van der Waals surface area contributed by atoms with Gasteiger partial charge in [0.25, 0.3) is 0 Å². The molecule has 0 saturated heterocycles. The Balaban J connectivity index is 0.000000602. The third kappa shape index (κ3) is 10.8. The van der Waals surface area contributed by atoms with Gasteiger partial charge in [0.05, 0.1) is 11.8 Å². The van der Waals surface area contributed by atoms with E-state index in [0.29, 0.717) is 18.7 Å². The molecule has 3 rings (SSSR count). The predicted octanol–water partition coefficient (Wildman–Crippen LogP) is 6.23. The maximum atomic E-state index is 10.5. The number of H-pyrrole nitrogens is 1. The number of fused-ring (bicyclic) bond motifs is 1. The standard InChI is InChI=1S/C14H17N5.C8H11N.C3H5F.C2H6/c1-4-5-6-12-11-9-10(14(15-2)19-16-3)7-8-13(11)18-17-12;1-7-2-4-8(6-9)5-3-7;1-2-3-4;1-2/h4-5,7-9H,3,6H2,1-2H3,(H,15,19)(H,17,18);2-5H,6,9H2,1H3;2-3H,1H3;1-2H3/b5-4-;;3-2+;. The summed E-state index contributed by atoms with van der Waals surface area (Å²) in [4.78, 5) is 4.16. The molecular formula is C27H39FN6. The third-order valence-electron chi connectivity index (χ3n) is 4.35. The second-order valence-electron chi connectivity index (χ2n) is 6.70. The van der Waals surface area contributed by atoms with E-state index < -0.39 is 0 Å². The average Bonchev–Trinajstić information content (AvgIpc) is 3.30. The lowest BCUT2D eigenvalue weighted by atomic mass is 10.1. The number of aromatic amines is 1. The summed E-state index contributed by atoms with van der Waals surface area (Å²) in [7, 11) is 1.72. The molecule has 1 heterocycles. The zero-order valence-corrected chi connectivity index (χ0v) is 21.3. The number of aromatic nitrogens is 2. The SMILES string of the molecule is C/C=C/F.C=NNC(=NC)c1ccc2n[nH]c(C/C=C\C)c2c1.CC.Cc1ccc(CN)cc1. The highest BCUT2D eigenvalue weighted by Gasteiger charge is 2.08. The van der Waals surface area contributed by atoms with Gasteiger partial charge in [0.15, 0.2) is 0 Å². The highest BCUT2D eigenvalue weighted by Crippen LogP contribution is 2.18. The van der Waals surface area contributed by atoms with Gasteiger partial charge in [-0.2, -0.15) is 10.2 Å². The van der Waals surface area contributed by atoms with Crippen LogP contribution in [-0.2, 0) is 13.0 Å². The van der Waals surface area contributed by atoms with Crippen LogP contribution < -0.4 is 11.2 Å². The Kier molecular flexibility index (Phi) is 16.9. The molecule has 0 amide bonds. The highest BCUT2D eigenvalue weighted by atomic mass is 19.1. The molecule has 4 N–H and O–H groups in total. The number of halogens is 1. The van der Waals surface area contributed by atoms with Crippen molar-refractivity contribution in [2.75, 3.05) is 7.05 Å². The number of nitrogens with zero attached hydrogens (tertiary/aromatic N) is 3. The number of nitrogens with one attached hydrogen (secondary N) is 2. The van der Waals surface area contributed by atoms with E-state index in [-0.39, 0.29) is 0 Å². The Hall–Kier alpha value is -3.58. The lowest BCUT2D eigenvalue weighted by Crippen LogP contribution is -2.18. The van der Waals surface area contributed by atoms with Crippen LogP contribution in [-0.4, -0.2) is 29.8 Å². The summed E-state index contributed by atoms with van der Waals surface area (Å²) in [5.74, 6) is 0.690. The summed E-state index contributed by atoms with van der Waals surface area (Å²) < 4.78 is 10.5. The molecule has 0 aliphatic rings.